The van der Waals surface area contributed by atoms with E-state index in [0.717, 1.165) is 17.5 Å². The largest absolute Gasteiger partial charge is 0.483 e. The number of amides is 2. The van der Waals surface area contributed by atoms with E-state index in [1.807, 2.05) is 54.6 Å². The van der Waals surface area contributed by atoms with Gasteiger partial charge >= 0.3 is 0 Å². The van der Waals surface area contributed by atoms with Gasteiger partial charge in [-0.2, -0.15) is 0 Å². The van der Waals surface area contributed by atoms with E-state index in [1.54, 1.807) is 0 Å². The van der Waals surface area contributed by atoms with Crippen molar-refractivity contribution in [3.05, 3.63) is 65.7 Å². The molecule has 1 atom stereocenters. The maximum atomic E-state index is 11.8. The van der Waals surface area contributed by atoms with E-state index in [1.165, 1.54) is 6.92 Å². The number of carbonyl (C=O) groups excluding carboxylic acids is 2. The highest BCUT2D eigenvalue weighted by molar-refractivity contribution is 5.86. The topological polar surface area (TPSA) is 81.4 Å². The molecule has 3 N–H and O–H groups in total. The van der Waals surface area contributed by atoms with Crippen LogP contribution < -0.4 is 15.8 Å². The molecule has 0 heterocycles. The van der Waals surface area contributed by atoms with Gasteiger partial charge in [-0.25, -0.2) is 0 Å². The Morgan fingerprint density at radius 2 is 1.74 bits per heavy atom. The highest BCUT2D eigenvalue weighted by atomic mass is 16.5. The normalized spacial score (nSPS) is 11.5. The summed E-state index contributed by atoms with van der Waals surface area (Å²) >= 11 is 0. The predicted molar refractivity (Wildman–Crippen MR) is 88.0 cm³/mol. The second-order valence-corrected chi connectivity index (χ2v) is 5.25. The Bertz CT molecular complexity index is 671. The minimum Gasteiger partial charge on any atom is -0.483 e. The number of nitrogens with one attached hydrogen (secondary N) is 1. The van der Waals surface area contributed by atoms with Crippen molar-refractivity contribution in [1.29, 1.82) is 0 Å². The Kier molecular flexibility index (Phi) is 5.74. The molecule has 120 valence electrons. The fourth-order valence-corrected chi connectivity index (χ4v) is 2.10. The standard InChI is InChI=1S/C18H20N2O3/c1-13(18(19)22)20-17(21)12-23-16-10-6-5-9-15(16)11-14-7-3-2-4-8-14/h2-10,13H,11-12H2,1H3,(H2,19,22)(H,20,21). The molecule has 5 heteroatoms. The smallest absolute Gasteiger partial charge is 0.258 e. The summed E-state index contributed by atoms with van der Waals surface area (Å²) in [5, 5.41) is 2.48. The van der Waals surface area contributed by atoms with Crippen molar-refractivity contribution in [3.63, 3.8) is 0 Å². The predicted octanol–water partition coefficient (Wildman–Crippen LogP) is 1.65. The van der Waals surface area contributed by atoms with Crippen LogP contribution in [0.5, 0.6) is 5.75 Å². The molecule has 0 spiro atoms. The van der Waals surface area contributed by atoms with Crippen molar-refractivity contribution in [3.8, 4) is 5.75 Å². The Labute approximate surface area is 135 Å². The third-order valence-corrected chi connectivity index (χ3v) is 3.37. The second-order valence-electron chi connectivity index (χ2n) is 5.25. The number of ether oxygens (including phenoxy) is 1. The van der Waals surface area contributed by atoms with Crippen LogP contribution in [0.25, 0.3) is 0 Å². The van der Waals surface area contributed by atoms with Gasteiger partial charge in [-0.3, -0.25) is 9.59 Å². The lowest BCUT2D eigenvalue weighted by Gasteiger charge is -2.13. The van der Waals surface area contributed by atoms with E-state index in [9.17, 15) is 9.59 Å². The summed E-state index contributed by atoms with van der Waals surface area (Å²) in [6, 6.07) is 16.9. The fraction of sp³-hybridized carbons (Fsp3) is 0.222. The summed E-state index contributed by atoms with van der Waals surface area (Å²) in [5.41, 5.74) is 7.26. The lowest BCUT2D eigenvalue weighted by Crippen LogP contribution is -2.44. The van der Waals surface area contributed by atoms with Gasteiger partial charge in [-0.1, -0.05) is 48.5 Å². The van der Waals surface area contributed by atoms with Crippen molar-refractivity contribution >= 4 is 11.8 Å². The van der Waals surface area contributed by atoms with Gasteiger partial charge in [0.25, 0.3) is 5.91 Å². The average Bonchev–Trinajstić information content (AvgIpc) is 2.55. The maximum Gasteiger partial charge on any atom is 0.258 e. The first kappa shape index (κ1) is 16.5. The number of hydrogen-bond acceptors (Lipinski definition) is 3. The molecule has 0 aromatic heterocycles. The van der Waals surface area contributed by atoms with Crippen molar-refractivity contribution in [2.75, 3.05) is 6.61 Å². The number of para-hydroxylation sites is 1. The molecule has 0 fully saturated rings. The van der Waals surface area contributed by atoms with E-state index in [4.69, 9.17) is 10.5 Å². The quantitative estimate of drug-likeness (QED) is 0.815. The molecule has 2 aromatic carbocycles. The Morgan fingerprint density at radius 3 is 2.43 bits per heavy atom. The van der Waals surface area contributed by atoms with Crippen LogP contribution in [0.3, 0.4) is 0 Å². The van der Waals surface area contributed by atoms with Crippen molar-refractivity contribution in [2.24, 2.45) is 5.73 Å². The summed E-state index contributed by atoms with van der Waals surface area (Å²) in [4.78, 5) is 22.7. The van der Waals surface area contributed by atoms with Crippen molar-refractivity contribution in [2.45, 2.75) is 19.4 Å². The van der Waals surface area contributed by atoms with Gasteiger partial charge in [-0.05, 0) is 24.1 Å². The Balaban J connectivity index is 1.98. The summed E-state index contributed by atoms with van der Waals surface area (Å²) in [5.74, 6) is -0.313. The molecule has 0 saturated carbocycles. The van der Waals surface area contributed by atoms with Gasteiger partial charge < -0.3 is 15.8 Å². The molecule has 0 aliphatic rings. The highest BCUT2D eigenvalue weighted by Gasteiger charge is 2.13. The molecule has 0 radical (unpaired) electrons. The van der Waals surface area contributed by atoms with Gasteiger partial charge in [0.15, 0.2) is 6.61 Å². The van der Waals surface area contributed by atoms with Gasteiger partial charge in [0.05, 0.1) is 0 Å². The van der Waals surface area contributed by atoms with Crippen LogP contribution >= 0.6 is 0 Å². The van der Waals surface area contributed by atoms with Crippen LogP contribution in [0.15, 0.2) is 54.6 Å². The Morgan fingerprint density at radius 1 is 1.09 bits per heavy atom. The van der Waals surface area contributed by atoms with Crippen LogP contribution in [-0.4, -0.2) is 24.5 Å². The summed E-state index contributed by atoms with van der Waals surface area (Å²) in [6.07, 6.45) is 0.719. The second kappa shape index (κ2) is 7.98. The van der Waals surface area contributed by atoms with E-state index in [2.05, 4.69) is 5.32 Å². The van der Waals surface area contributed by atoms with E-state index < -0.39 is 11.9 Å². The molecular weight excluding hydrogens is 292 g/mol. The molecule has 2 aromatic rings. The molecule has 2 rings (SSSR count). The van der Waals surface area contributed by atoms with Crippen LogP contribution in [0.2, 0.25) is 0 Å². The molecule has 1 unspecified atom stereocenters. The average molecular weight is 312 g/mol. The molecule has 0 aliphatic heterocycles. The number of nitrogens with two attached hydrogens (primary N) is 1. The van der Waals surface area contributed by atoms with Gasteiger partial charge in [0, 0.05) is 6.42 Å². The molecule has 23 heavy (non-hydrogen) atoms. The van der Waals surface area contributed by atoms with Gasteiger partial charge in [0.1, 0.15) is 11.8 Å². The monoisotopic (exact) mass is 312 g/mol. The Hall–Kier alpha value is -2.82. The molecule has 0 saturated heterocycles. The summed E-state index contributed by atoms with van der Waals surface area (Å²) in [7, 11) is 0. The summed E-state index contributed by atoms with van der Waals surface area (Å²) in [6.45, 7) is 1.37. The SMILES string of the molecule is CC(NC(=O)COc1ccccc1Cc1ccccc1)C(N)=O. The summed E-state index contributed by atoms with van der Waals surface area (Å²) < 4.78 is 5.59. The number of hydrogen-bond donors (Lipinski definition) is 2. The first-order valence-electron chi connectivity index (χ1n) is 7.39. The zero-order valence-corrected chi connectivity index (χ0v) is 13.0. The van der Waals surface area contributed by atoms with Crippen LogP contribution in [0, 0.1) is 0 Å². The lowest BCUT2D eigenvalue weighted by molar-refractivity contribution is -0.128. The third kappa shape index (κ3) is 5.14. The minimum atomic E-state index is -0.717. The maximum absolute atomic E-state index is 11.8. The van der Waals surface area contributed by atoms with E-state index >= 15 is 0 Å². The van der Waals surface area contributed by atoms with Crippen LogP contribution in [-0.2, 0) is 16.0 Å². The van der Waals surface area contributed by atoms with Gasteiger partial charge in [0.2, 0.25) is 5.91 Å². The van der Waals surface area contributed by atoms with E-state index in [-0.39, 0.29) is 12.5 Å². The zero-order valence-electron chi connectivity index (χ0n) is 13.0. The molecule has 0 bridgehead atoms. The molecule has 5 nitrogen and oxygen atoms in total. The van der Waals surface area contributed by atoms with Crippen molar-refractivity contribution in [1.82, 2.24) is 5.32 Å². The molecular formula is C18H20N2O3. The number of primary amides is 1. The van der Waals surface area contributed by atoms with E-state index in [0.29, 0.717) is 5.75 Å². The molecule has 0 aliphatic carbocycles. The van der Waals surface area contributed by atoms with Crippen LogP contribution in [0.4, 0.5) is 0 Å². The van der Waals surface area contributed by atoms with Crippen molar-refractivity contribution < 1.29 is 14.3 Å². The lowest BCUT2D eigenvalue weighted by atomic mass is 10.0. The number of benzene rings is 2. The van der Waals surface area contributed by atoms with Crippen LogP contribution in [0.1, 0.15) is 18.1 Å². The highest BCUT2D eigenvalue weighted by Crippen LogP contribution is 2.21. The molecule has 2 amide bonds. The minimum absolute atomic E-state index is 0.163. The third-order valence-electron chi connectivity index (χ3n) is 3.37. The first-order chi connectivity index (χ1) is 11.1. The first-order valence-corrected chi connectivity index (χ1v) is 7.39. The van der Waals surface area contributed by atoms with Gasteiger partial charge in [-0.15, -0.1) is 0 Å². The fourth-order valence-electron chi connectivity index (χ4n) is 2.10. The number of carbonyl (C=O) groups is 2. The number of rotatable bonds is 7. The zero-order chi connectivity index (χ0) is 16.7.